The Morgan fingerprint density at radius 1 is 1.25 bits per heavy atom. The van der Waals surface area contributed by atoms with Crippen LogP contribution in [0.3, 0.4) is 0 Å². The minimum absolute atomic E-state index is 0. The van der Waals surface area contributed by atoms with Crippen LogP contribution in [0.2, 0.25) is 0 Å². The Balaban J connectivity index is -0.000000180. The number of hydrogen-bond acceptors (Lipinski definition) is 4. The van der Waals surface area contributed by atoms with Crippen LogP contribution in [0, 0.1) is 0 Å². The van der Waals surface area contributed by atoms with Crippen LogP contribution in [-0.2, 0) is 8.85 Å². The molecule has 6 heteroatoms. The van der Waals surface area contributed by atoms with Crippen LogP contribution in [0.5, 0.6) is 0 Å². The standard InChI is InChI=1S/C2H8O4Si.K.H/c1-5-7(3,4)6-2;;/h3-4H,1-2H3;;/q;+1;-1. The van der Waals surface area contributed by atoms with Gasteiger partial charge in [0.1, 0.15) is 0 Å². The Morgan fingerprint density at radius 3 is 1.50 bits per heavy atom. The first-order chi connectivity index (χ1) is 3.12. The summed E-state index contributed by atoms with van der Waals surface area (Å²) in [6, 6.07) is 0. The predicted molar refractivity (Wildman–Crippen MR) is 25.3 cm³/mol. The fraction of sp³-hybridized carbons (Fsp3) is 1.00. The van der Waals surface area contributed by atoms with E-state index in [1.54, 1.807) is 0 Å². The monoisotopic (exact) mass is 164 g/mol. The Labute approximate surface area is 93.2 Å². The van der Waals surface area contributed by atoms with Crippen molar-refractivity contribution in [2.24, 2.45) is 0 Å². The molecule has 0 unspecified atom stereocenters. The van der Waals surface area contributed by atoms with Crippen LogP contribution in [0.15, 0.2) is 0 Å². The van der Waals surface area contributed by atoms with E-state index in [9.17, 15) is 0 Å². The molecule has 0 aliphatic carbocycles. The van der Waals surface area contributed by atoms with Crippen molar-refractivity contribution >= 4 is 9.05 Å². The van der Waals surface area contributed by atoms with Gasteiger partial charge in [0.05, 0.1) is 0 Å². The van der Waals surface area contributed by atoms with Gasteiger partial charge in [-0.1, -0.05) is 0 Å². The van der Waals surface area contributed by atoms with Crippen molar-refractivity contribution in [1.29, 1.82) is 0 Å². The Morgan fingerprint density at radius 2 is 1.50 bits per heavy atom. The second-order valence-corrected chi connectivity index (χ2v) is 2.87. The third-order valence-corrected chi connectivity index (χ3v) is 1.60. The molecule has 0 heterocycles. The Hall–Kier alpha value is 1.69. The molecule has 0 rings (SSSR count). The normalized spacial score (nSPS) is 10.5. The van der Waals surface area contributed by atoms with E-state index >= 15 is 0 Å². The van der Waals surface area contributed by atoms with Gasteiger partial charge in [0, 0.05) is 14.2 Å². The molecule has 0 radical (unpaired) electrons. The van der Waals surface area contributed by atoms with Gasteiger partial charge in [-0.25, -0.2) is 0 Å². The molecule has 0 bridgehead atoms. The SMILES string of the molecule is CO[Si](O)(O)OC.[H-].[K+]. The van der Waals surface area contributed by atoms with Crippen molar-refractivity contribution in [3.63, 3.8) is 0 Å². The van der Waals surface area contributed by atoms with Crippen LogP contribution in [-0.4, -0.2) is 32.9 Å². The van der Waals surface area contributed by atoms with Crippen molar-refractivity contribution in [2.45, 2.75) is 0 Å². The van der Waals surface area contributed by atoms with E-state index in [0.717, 1.165) is 0 Å². The molecule has 0 aromatic carbocycles. The average molecular weight is 164 g/mol. The van der Waals surface area contributed by atoms with Crippen molar-refractivity contribution in [3.05, 3.63) is 0 Å². The molecule has 4 nitrogen and oxygen atoms in total. The summed E-state index contributed by atoms with van der Waals surface area (Å²) in [5, 5.41) is 0. The second kappa shape index (κ2) is 5.48. The van der Waals surface area contributed by atoms with Crippen molar-refractivity contribution in [2.75, 3.05) is 14.2 Å². The maximum Gasteiger partial charge on any atom is 1.00 e. The van der Waals surface area contributed by atoms with E-state index < -0.39 is 9.05 Å². The summed E-state index contributed by atoms with van der Waals surface area (Å²) in [5.41, 5.74) is 0. The van der Waals surface area contributed by atoms with Crippen LogP contribution >= 0.6 is 0 Å². The average Bonchev–Trinajstić information content (AvgIpc) is 1.68. The molecule has 0 spiro atoms. The minimum Gasteiger partial charge on any atom is -1.00 e. The quantitative estimate of drug-likeness (QED) is 0.407. The summed E-state index contributed by atoms with van der Waals surface area (Å²) >= 11 is 0. The first-order valence-electron chi connectivity index (χ1n) is 1.67. The molecule has 0 saturated carbocycles. The molecule has 0 aromatic rings. The summed E-state index contributed by atoms with van der Waals surface area (Å²) in [4.78, 5) is 16.8. The summed E-state index contributed by atoms with van der Waals surface area (Å²) in [5.74, 6) is 0. The largest absolute Gasteiger partial charge is 1.00 e. The smallest absolute Gasteiger partial charge is 1.00 e. The molecule has 0 aliphatic rings. The first kappa shape index (κ1) is 12.4. The van der Waals surface area contributed by atoms with E-state index in [4.69, 9.17) is 9.59 Å². The van der Waals surface area contributed by atoms with Crippen LogP contribution in [0.25, 0.3) is 0 Å². The van der Waals surface area contributed by atoms with Crippen molar-refractivity contribution in [1.82, 2.24) is 0 Å². The molecule has 0 saturated heterocycles. The van der Waals surface area contributed by atoms with E-state index in [-0.39, 0.29) is 52.8 Å². The van der Waals surface area contributed by atoms with Gasteiger partial charge in [-0.15, -0.1) is 0 Å². The van der Waals surface area contributed by atoms with E-state index in [2.05, 4.69) is 8.85 Å². The zero-order valence-electron chi connectivity index (χ0n) is 6.21. The van der Waals surface area contributed by atoms with Gasteiger partial charge < -0.3 is 19.9 Å². The zero-order chi connectivity index (χ0) is 5.91. The van der Waals surface area contributed by atoms with Crippen LogP contribution in [0.4, 0.5) is 0 Å². The fourth-order valence-electron chi connectivity index (χ4n) is 0.0833. The zero-order valence-corrected chi connectivity index (χ0v) is 9.33. The Kier molecular flexibility index (Phi) is 8.47. The molecule has 46 valence electrons. The van der Waals surface area contributed by atoms with Crippen molar-refractivity contribution in [3.8, 4) is 0 Å². The topological polar surface area (TPSA) is 58.9 Å². The van der Waals surface area contributed by atoms with E-state index in [1.807, 2.05) is 0 Å². The van der Waals surface area contributed by atoms with Gasteiger partial charge in [0.25, 0.3) is 0 Å². The van der Waals surface area contributed by atoms with Crippen molar-refractivity contribution < 1.29 is 71.3 Å². The molecule has 0 atom stereocenters. The molecular formula is C2H9KO4Si. The fourth-order valence-corrected chi connectivity index (χ4v) is 0.250. The molecule has 0 amide bonds. The van der Waals surface area contributed by atoms with Gasteiger partial charge >= 0.3 is 60.4 Å². The van der Waals surface area contributed by atoms with Gasteiger partial charge in [0.2, 0.25) is 0 Å². The summed E-state index contributed by atoms with van der Waals surface area (Å²) < 4.78 is 8.23. The molecule has 0 aliphatic heterocycles. The van der Waals surface area contributed by atoms with E-state index in [1.165, 1.54) is 14.2 Å². The molecule has 0 aromatic heterocycles. The minimum atomic E-state index is -3.65. The van der Waals surface area contributed by atoms with Gasteiger partial charge in [0.15, 0.2) is 0 Å². The first-order valence-corrected chi connectivity index (χ1v) is 3.38. The second-order valence-electron chi connectivity index (χ2n) is 0.957. The predicted octanol–water partition coefficient (Wildman–Crippen LogP) is -4.18. The summed E-state index contributed by atoms with van der Waals surface area (Å²) in [7, 11) is -1.30. The van der Waals surface area contributed by atoms with Crippen LogP contribution < -0.4 is 51.4 Å². The molecular weight excluding hydrogens is 155 g/mol. The van der Waals surface area contributed by atoms with Crippen LogP contribution in [0.1, 0.15) is 1.43 Å². The van der Waals surface area contributed by atoms with Gasteiger partial charge in [-0.2, -0.15) is 0 Å². The van der Waals surface area contributed by atoms with Gasteiger partial charge in [-0.3, -0.25) is 0 Å². The summed E-state index contributed by atoms with van der Waals surface area (Å²) in [6.45, 7) is 0. The third-order valence-electron chi connectivity index (χ3n) is 0.532. The van der Waals surface area contributed by atoms with E-state index in [0.29, 0.717) is 0 Å². The summed E-state index contributed by atoms with van der Waals surface area (Å²) in [6.07, 6.45) is 0. The number of rotatable bonds is 2. The van der Waals surface area contributed by atoms with Gasteiger partial charge in [-0.05, 0) is 0 Å². The number of hydrogen-bond donors (Lipinski definition) is 2. The third kappa shape index (κ3) is 5.82. The molecule has 8 heavy (non-hydrogen) atoms. The maximum absolute atomic E-state index is 8.38. The maximum atomic E-state index is 8.38. The molecule has 2 N–H and O–H groups in total. The molecule has 0 fully saturated rings. The Bertz CT molecular complexity index is 56.5.